The predicted octanol–water partition coefficient (Wildman–Crippen LogP) is 3.58. The van der Waals surface area contributed by atoms with Crippen molar-refractivity contribution in [3.63, 3.8) is 0 Å². The van der Waals surface area contributed by atoms with Crippen molar-refractivity contribution < 1.29 is 14.3 Å². The Labute approximate surface area is 152 Å². The number of nitrogens with zero attached hydrogens (tertiary/aromatic N) is 1. The quantitative estimate of drug-likeness (QED) is 0.885. The van der Waals surface area contributed by atoms with Crippen molar-refractivity contribution in [1.29, 1.82) is 0 Å². The lowest BCUT2D eigenvalue weighted by Crippen LogP contribution is -2.36. The number of morpholine rings is 1. The molecular weight excluding hydrogens is 340 g/mol. The van der Waals surface area contributed by atoms with E-state index < -0.39 is 0 Å². The van der Waals surface area contributed by atoms with E-state index >= 15 is 0 Å². The number of benzene rings is 2. The molecule has 5 nitrogen and oxygen atoms in total. The Morgan fingerprint density at radius 3 is 2.60 bits per heavy atom. The van der Waals surface area contributed by atoms with E-state index in [1.165, 1.54) is 0 Å². The van der Waals surface area contributed by atoms with Crippen molar-refractivity contribution in [3.05, 3.63) is 58.6 Å². The second-order valence-corrected chi connectivity index (χ2v) is 6.28. The van der Waals surface area contributed by atoms with E-state index in [9.17, 15) is 4.79 Å². The van der Waals surface area contributed by atoms with Crippen LogP contribution in [0.3, 0.4) is 0 Å². The van der Waals surface area contributed by atoms with Crippen LogP contribution in [0.1, 0.15) is 15.9 Å². The lowest BCUT2D eigenvalue weighted by Gasteiger charge is -2.30. The van der Waals surface area contributed by atoms with Gasteiger partial charge in [-0.15, -0.1) is 0 Å². The summed E-state index contributed by atoms with van der Waals surface area (Å²) in [7, 11) is 1.65. The fraction of sp³-hybridized carbons (Fsp3) is 0.316. The molecule has 0 atom stereocenters. The molecule has 0 spiro atoms. The fourth-order valence-electron chi connectivity index (χ4n) is 2.80. The summed E-state index contributed by atoms with van der Waals surface area (Å²) in [4.78, 5) is 14.8. The molecule has 0 bridgehead atoms. The largest absolute Gasteiger partial charge is 0.380 e. The maximum Gasteiger partial charge on any atom is 0.255 e. The molecule has 0 aromatic heterocycles. The zero-order chi connectivity index (χ0) is 17.6. The Bertz CT molecular complexity index is 728. The van der Waals surface area contributed by atoms with Gasteiger partial charge < -0.3 is 19.7 Å². The van der Waals surface area contributed by atoms with Crippen molar-refractivity contribution in [2.24, 2.45) is 0 Å². The monoisotopic (exact) mass is 360 g/mol. The molecule has 1 aliphatic heterocycles. The molecule has 6 heteroatoms. The maximum atomic E-state index is 12.6. The minimum Gasteiger partial charge on any atom is -0.380 e. The summed E-state index contributed by atoms with van der Waals surface area (Å²) < 4.78 is 10.5. The Morgan fingerprint density at radius 2 is 1.92 bits per heavy atom. The third-order valence-electron chi connectivity index (χ3n) is 4.09. The lowest BCUT2D eigenvalue weighted by atomic mass is 10.1. The number of methoxy groups -OCH3 is 1. The first-order valence-electron chi connectivity index (χ1n) is 8.19. The first kappa shape index (κ1) is 17.7. The van der Waals surface area contributed by atoms with Gasteiger partial charge in [0.2, 0.25) is 0 Å². The standard InChI is InChI=1S/C19H21ClN2O3/c1-24-13-14-2-4-15(5-3-14)19(23)21-17-12-16(20)6-7-18(17)22-8-10-25-11-9-22/h2-7,12H,8-11,13H2,1H3,(H,21,23). The Hall–Kier alpha value is -2.08. The van der Waals surface area contributed by atoms with Crippen LogP contribution in [0.25, 0.3) is 0 Å². The maximum absolute atomic E-state index is 12.6. The summed E-state index contributed by atoms with van der Waals surface area (Å²) in [5.74, 6) is -0.166. The minimum absolute atomic E-state index is 0.166. The summed E-state index contributed by atoms with van der Waals surface area (Å²) >= 11 is 6.13. The fourth-order valence-corrected chi connectivity index (χ4v) is 2.97. The summed E-state index contributed by atoms with van der Waals surface area (Å²) in [6.07, 6.45) is 0. The molecule has 1 fully saturated rings. The van der Waals surface area contributed by atoms with Gasteiger partial charge in [-0.2, -0.15) is 0 Å². The van der Waals surface area contributed by atoms with Gasteiger partial charge in [-0.25, -0.2) is 0 Å². The van der Waals surface area contributed by atoms with E-state index in [1.54, 1.807) is 25.3 Å². The SMILES string of the molecule is COCc1ccc(C(=O)Nc2cc(Cl)ccc2N2CCOCC2)cc1. The number of halogens is 1. The number of anilines is 2. The van der Waals surface area contributed by atoms with Crippen LogP contribution in [0.2, 0.25) is 5.02 Å². The number of hydrogen-bond acceptors (Lipinski definition) is 4. The molecule has 1 heterocycles. The smallest absolute Gasteiger partial charge is 0.255 e. The van der Waals surface area contributed by atoms with Gasteiger partial charge in [-0.1, -0.05) is 23.7 Å². The van der Waals surface area contributed by atoms with Gasteiger partial charge in [0, 0.05) is 30.8 Å². The molecule has 1 N–H and O–H groups in total. The van der Waals surface area contributed by atoms with Crippen LogP contribution < -0.4 is 10.2 Å². The molecule has 2 aromatic carbocycles. The summed E-state index contributed by atoms with van der Waals surface area (Å²) in [6.45, 7) is 3.46. The van der Waals surface area contributed by atoms with Gasteiger partial charge in [0.15, 0.2) is 0 Å². The average Bonchev–Trinajstić information content (AvgIpc) is 2.63. The van der Waals surface area contributed by atoms with Crippen LogP contribution in [0.15, 0.2) is 42.5 Å². The molecule has 1 aliphatic rings. The van der Waals surface area contributed by atoms with E-state index in [0.29, 0.717) is 36.1 Å². The summed E-state index contributed by atoms with van der Waals surface area (Å²) in [5.41, 5.74) is 3.28. The Morgan fingerprint density at radius 1 is 1.20 bits per heavy atom. The highest BCUT2D eigenvalue weighted by molar-refractivity contribution is 6.31. The third-order valence-corrected chi connectivity index (χ3v) is 4.32. The predicted molar refractivity (Wildman–Crippen MR) is 99.6 cm³/mol. The molecule has 0 unspecified atom stereocenters. The zero-order valence-electron chi connectivity index (χ0n) is 14.1. The van der Waals surface area contributed by atoms with Gasteiger partial charge in [0.05, 0.1) is 31.2 Å². The van der Waals surface area contributed by atoms with E-state index in [2.05, 4.69) is 10.2 Å². The van der Waals surface area contributed by atoms with Crippen LogP contribution in [-0.2, 0) is 16.1 Å². The number of carbonyl (C=O) groups excluding carboxylic acids is 1. The van der Waals surface area contributed by atoms with E-state index in [0.717, 1.165) is 24.3 Å². The van der Waals surface area contributed by atoms with Crippen molar-refractivity contribution in [2.75, 3.05) is 43.6 Å². The summed E-state index contributed by atoms with van der Waals surface area (Å²) in [6, 6.07) is 12.9. The number of carbonyl (C=O) groups is 1. The van der Waals surface area contributed by atoms with Gasteiger partial charge in [-0.3, -0.25) is 4.79 Å². The van der Waals surface area contributed by atoms with Crippen LogP contribution in [0.5, 0.6) is 0 Å². The van der Waals surface area contributed by atoms with Crippen molar-refractivity contribution in [3.8, 4) is 0 Å². The van der Waals surface area contributed by atoms with Crippen LogP contribution in [0, 0.1) is 0 Å². The van der Waals surface area contributed by atoms with E-state index in [1.807, 2.05) is 24.3 Å². The molecule has 1 saturated heterocycles. The topological polar surface area (TPSA) is 50.8 Å². The third kappa shape index (κ3) is 4.51. The molecule has 0 radical (unpaired) electrons. The molecule has 3 rings (SSSR count). The molecular formula is C19H21ClN2O3. The number of hydrogen-bond donors (Lipinski definition) is 1. The number of nitrogens with one attached hydrogen (secondary N) is 1. The van der Waals surface area contributed by atoms with Crippen LogP contribution >= 0.6 is 11.6 Å². The molecule has 1 amide bonds. The van der Waals surface area contributed by atoms with Gasteiger partial charge in [-0.05, 0) is 35.9 Å². The second-order valence-electron chi connectivity index (χ2n) is 5.84. The van der Waals surface area contributed by atoms with Crippen molar-refractivity contribution in [2.45, 2.75) is 6.61 Å². The molecule has 25 heavy (non-hydrogen) atoms. The van der Waals surface area contributed by atoms with Gasteiger partial charge in [0.1, 0.15) is 0 Å². The number of rotatable bonds is 5. The van der Waals surface area contributed by atoms with E-state index in [4.69, 9.17) is 21.1 Å². The first-order chi connectivity index (χ1) is 12.2. The van der Waals surface area contributed by atoms with Gasteiger partial charge >= 0.3 is 0 Å². The highest BCUT2D eigenvalue weighted by atomic mass is 35.5. The van der Waals surface area contributed by atoms with Gasteiger partial charge in [0.25, 0.3) is 5.91 Å². The molecule has 2 aromatic rings. The number of ether oxygens (including phenoxy) is 2. The van der Waals surface area contributed by atoms with Crippen LogP contribution in [-0.4, -0.2) is 39.3 Å². The highest BCUT2D eigenvalue weighted by Crippen LogP contribution is 2.30. The molecule has 0 saturated carbocycles. The Kier molecular flexibility index (Phi) is 5.91. The van der Waals surface area contributed by atoms with E-state index in [-0.39, 0.29) is 5.91 Å². The molecule has 132 valence electrons. The number of amides is 1. The van der Waals surface area contributed by atoms with Crippen molar-refractivity contribution in [1.82, 2.24) is 0 Å². The first-order valence-corrected chi connectivity index (χ1v) is 8.56. The minimum atomic E-state index is -0.166. The lowest BCUT2D eigenvalue weighted by molar-refractivity contribution is 0.102. The van der Waals surface area contributed by atoms with Crippen LogP contribution in [0.4, 0.5) is 11.4 Å². The second kappa shape index (κ2) is 8.34. The normalized spacial score (nSPS) is 14.4. The Balaban J connectivity index is 1.79. The molecule has 0 aliphatic carbocycles. The van der Waals surface area contributed by atoms with Crippen molar-refractivity contribution >= 4 is 28.9 Å². The zero-order valence-corrected chi connectivity index (χ0v) is 14.9. The highest BCUT2D eigenvalue weighted by Gasteiger charge is 2.17. The average molecular weight is 361 g/mol. The summed E-state index contributed by atoms with van der Waals surface area (Å²) in [5, 5.41) is 3.57.